The van der Waals surface area contributed by atoms with Crippen molar-refractivity contribution in [2.75, 3.05) is 22.9 Å². The van der Waals surface area contributed by atoms with Gasteiger partial charge in [0.25, 0.3) is 0 Å². The molecule has 0 bridgehead atoms. The first-order valence-electron chi connectivity index (χ1n) is 8.41. The minimum atomic E-state index is 1.04. The molecule has 0 saturated carbocycles. The van der Waals surface area contributed by atoms with Gasteiger partial charge < -0.3 is 9.80 Å². The van der Waals surface area contributed by atoms with E-state index < -0.39 is 0 Å². The molecule has 2 heteroatoms. The van der Waals surface area contributed by atoms with E-state index in [1.807, 2.05) is 0 Å². The van der Waals surface area contributed by atoms with Crippen LogP contribution in [0.4, 0.5) is 11.4 Å². The largest absolute Gasteiger partial charge is 0.346 e. The molecule has 0 N–H and O–H groups in total. The Morgan fingerprint density at radius 3 is 1.17 bits per heavy atom. The molecule has 1 saturated heterocycles. The highest BCUT2D eigenvalue weighted by atomic mass is 15.4. The minimum Gasteiger partial charge on any atom is -0.346 e. The number of nitrogens with zero attached hydrogens (tertiary/aromatic N) is 2. The van der Waals surface area contributed by atoms with E-state index in [0.29, 0.717) is 0 Å². The van der Waals surface area contributed by atoms with Gasteiger partial charge in [-0.05, 0) is 63.8 Å². The first kappa shape index (κ1) is 15.9. The molecule has 0 aromatic heterocycles. The zero-order valence-corrected chi connectivity index (χ0v) is 15.2. The molecule has 2 aromatic rings. The van der Waals surface area contributed by atoms with Crippen molar-refractivity contribution in [3.8, 4) is 0 Å². The van der Waals surface area contributed by atoms with Crippen LogP contribution in [0.3, 0.4) is 0 Å². The third-order valence-electron chi connectivity index (χ3n) is 4.71. The standard InChI is InChI=1S/C21H27N2/c1-14-9-16(3)20(17(4)10-14)22-7-8-23(13-22)21-18(5)11-15(2)12-19(21)6/h9-13H,7-8H2,1-6H3. The number of anilines is 2. The van der Waals surface area contributed by atoms with Crippen molar-refractivity contribution in [2.24, 2.45) is 0 Å². The summed E-state index contributed by atoms with van der Waals surface area (Å²) in [6.07, 6.45) is 0. The van der Waals surface area contributed by atoms with Crippen LogP contribution in [0.25, 0.3) is 0 Å². The van der Waals surface area contributed by atoms with Crippen LogP contribution in [0.2, 0.25) is 0 Å². The first-order valence-corrected chi connectivity index (χ1v) is 8.41. The van der Waals surface area contributed by atoms with Gasteiger partial charge >= 0.3 is 0 Å². The molecule has 0 aliphatic carbocycles. The molecular formula is C21H27N2. The van der Waals surface area contributed by atoms with E-state index in [1.165, 1.54) is 44.8 Å². The summed E-state index contributed by atoms with van der Waals surface area (Å²) in [7, 11) is 0. The summed E-state index contributed by atoms with van der Waals surface area (Å²) in [6.45, 7) is 17.6. The molecule has 0 amide bonds. The first-order chi connectivity index (χ1) is 10.9. The molecule has 2 nitrogen and oxygen atoms in total. The van der Waals surface area contributed by atoms with Gasteiger partial charge in [-0.15, -0.1) is 0 Å². The highest BCUT2D eigenvalue weighted by Crippen LogP contribution is 2.34. The van der Waals surface area contributed by atoms with Gasteiger partial charge in [-0.1, -0.05) is 35.4 Å². The molecule has 2 aromatic carbocycles. The van der Waals surface area contributed by atoms with Gasteiger partial charge in [0.05, 0.1) is 0 Å². The summed E-state index contributed by atoms with van der Waals surface area (Å²) in [6, 6.07) is 9.12. The van der Waals surface area contributed by atoms with Gasteiger partial charge in [0.15, 0.2) is 0 Å². The SMILES string of the molecule is Cc1cc(C)c(N2[CH]N(c3c(C)cc(C)cc3C)CC2)c(C)c1. The quantitative estimate of drug-likeness (QED) is 0.772. The van der Waals surface area contributed by atoms with E-state index >= 15 is 0 Å². The molecule has 0 unspecified atom stereocenters. The Morgan fingerprint density at radius 2 is 0.870 bits per heavy atom. The number of hydrogen-bond donors (Lipinski definition) is 0. The fraction of sp³-hybridized carbons (Fsp3) is 0.381. The van der Waals surface area contributed by atoms with Crippen LogP contribution in [0.5, 0.6) is 0 Å². The van der Waals surface area contributed by atoms with Crippen molar-refractivity contribution in [3.05, 3.63) is 64.3 Å². The van der Waals surface area contributed by atoms with Crippen LogP contribution in [0, 0.1) is 48.2 Å². The maximum atomic E-state index is 2.41. The maximum Gasteiger partial charge on any atom is 0.142 e. The van der Waals surface area contributed by atoms with Crippen molar-refractivity contribution in [1.29, 1.82) is 0 Å². The Labute approximate surface area is 140 Å². The summed E-state index contributed by atoms with van der Waals surface area (Å²) in [5.74, 6) is 0. The predicted octanol–water partition coefficient (Wildman–Crippen LogP) is 4.98. The number of rotatable bonds is 2. The average Bonchev–Trinajstić information content (AvgIpc) is 2.85. The van der Waals surface area contributed by atoms with Gasteiger partial charge in [0.2, 0.25) is 0 Å². The van der Waals surface area contributed by atoms with Crippen LogP contribution >= 0.6 is 0 Å². The molecule has 1 heterocycles. The third kappa shape index (κ3) is 2.95. The number of aryl methyl sites for hydroxylation is 6. The normalized spacial score (nSPS) is 14.7. The molecule has 1 aliphatic rings. The maximum absolute atomic E-state index is 2.41. The average molecular weight is 307 g/mol. The Bertz CT molecular complexity index is 636. The fourth-order valence-electron chi connectivity index (χ4n) is 4.09. The van der Waals surface area contributed by atoms with Crippen LogP contribution in [0.1, 0.15) is 33.4 Å². The van der Waals surface area contributed by atoms with Crippen molar-refractivity contribution >= 4 is 11.4 Å². The molecule has 0 spiro atoms. The summed E-state index contributed by atoms with van der Waals surface area (Å²) < 4.78 is 0. The van der Waals surface area contributed by atoms with Crippen molar-refractivity contribution in [2.45, 2.75) is 41.5 Å². The minimum absolute atomic E-state index is 1.04. The highest BCUT2D eigenvalue weighted by Gasteiger charge is 2.25. The van der Waals surface area contributed by atoms with Gasteiger partial charge in [-0.25, -0.2) is 0 Å². The van der Waals surface area contributed by atoms with Gasteiger partial charge in [0.1, 0.15) is 6.67 Å². The van der Waals surface area contributed by atoms with Crippen molar-refractivity contribution in [1.82, 2.24) is 0 Å². The van der Waals surface area contributed by atoms with Gasteiger partial charge in [-0.3, -0.25) is 0 Å². The highest BCUT2D eigenvalue weighted by molar-refractivity contribution is 5.68. The zero-order valence-electron chi connectivity index (χ0n) is 15.2. The lowest BCUT2D eigenvalue weighted by Crippen LogP contribution is -2.21. The van der Waals surface area contributed by atoms with E-state index in [9.17, 15) is 0 Å². The zero-order chi connectivity index (χ0) is 16.7. The number of benzene rings is 2. The smallest absolute Gasteiger partial charge is 0.142 e. The molecule has 3 rings (SSSR count). The summed E-state index contributed by atoms with van der Waals surface area (Å²) >= 11 is 0. The summed E-state index contributed by atoms with van der Waals surface area (Å²) in [4.78, 5) is 4.81. The van der Waals surface area contributed by atoms with E-state index in [1.54, 1.807) is 0 Å². The third-order valence-corrected chi connectivity index (χ3v) is 4.71. The van der Waals surface area contributed by atoms with Gasteiger partial charge in [-0.2, -0.15) is 0 Å². The van der Waals surface area contributed by atoms with E-state index in [-0.39, 0.29) is 0 Å². The molecule has 1 aliphatic heterocycles. The van der Waals surface area contributed by atoms with Crippen molar-refractivity contribution in [3.63, 3.8) is 0 Å². The molecule has 1 fully saturated rings. The van der Waals surface area contributed by atoms with E-state index in [2.05, 4.69) is 82.3 Å². The molecule has 121 valence electrons. The predicted molar refractivity (Wildman–Crippen MR) is 100 cm³/mol. The van der Waals surface area contributed by atoms with Crippen LogP contribution in [-0.4, -0.2) is 13.1 Å². The Kier molecular flexibility index (Phi) is 4.09. The lowest BCUT2D eigenvalue weighted by molar-refractivity contribution is 1.01. The molecular weight excluding hydrogens is 280 g/mol. The summed E-state index contributed by atoms with van der Waals surface area (Å²) in [5, 5.41) is 0. The second-order valence-electron chi connectivity index (χ2n) is 7.00. The van der Waals surface area contributed by atoms with E-state index in [4.69, 9.17) is 0 Å². The Hall–Kier alpha value is -1.96. The second-order valence-corrected chi connectivity index (χ2v) is 7.00. The number of hydrogen-bond acceptors (Lipinski definition) is 2. The monoisotopic (exact) mass is 307 g/mol. The lowest BCUT2D eigenvalue weighted by atomic mass is 10.0. The van der Waals surface area contributed by atoms with Crippen LogP contribution in [0.15, 0.2) is 24.3 Å². The lowest BCUT2D eigenvalue weighted by Gasteiger charge is -2.26. The van der Waals surface area contributed by atoms with Crippen LogP contribution < -0.4 is 9.80 Å². The Balaban J connectivity index is 1.91. The Morgan fingerprint density at radius 1 is 0.565 bits per heavy atom. The molecule has 23 heavy (non-hydrogen) atoms. The van der Waals surface area contributed by atoms with Crippen LogP contribution in [-0.2, 0) is 0 Å². The van der Waals surface area contributed by atoms with Gasteiger partial charge in [0, 0.05) is 24.5 Å². The molecule has 0 atom stereocenters. The van der Waals surface area contributed by atoms with Crippen molar-refractivity contribution < 1.29 is 0 Å². The second kappa shape index (κ2) is 5.92. The topological polar surface area (TPSA) is 6.48 Å². The van der Waals surface area contributed by atoms with E-state index in [0.717, 1.165) is 13.1 Å². The summed E-state index contributed by atoms with van der Waals surface area (Å²) in [5.41, 5.74) is 10.8. The fourth-order valence-corrected chi connectivity index (χ4v) is 4.09. The molecule has 1 radical (unpaired) electrons.